The molecule has 0 radical (unpaired) electrons. The Kier molecular flexibility index (Phi) is 5.41. The second-order valence-corrected chi connectivity index (χ2v) is 7.12. The van der Waals surface area contributed by atoms with Crippen molar-refractivity contribution >= 4 is 6.03 Å². The van der Waals surface area contributed by atoms with Gasteiger partial charge < -0.3 is 20.1 Å². The number of aliphatic hydroxyl groups excluding tert-OH is 1. The molecule has 2 amide bonds. The molecule has 1 aliphatic carbocycles. The Balaban J connectivity index is 1.63. The highest BCUT2D eigenvalue weighted by Gasteiger charge is 2.33. The number of likely N-dealkylation sites (tertiary alicyclic amines) is 1. The molecule has 1 fully saturated rings. The van der Waals surface area contributed by atoms with Crippen LogP contribution in [0.1, 0.15) is 42.5 Å². The number of carbonyl (C=O) groups is 1. The van der Waals surface area contributed by atoms with Crippen molar-refractivity contribution in [1.29, 1.82) is 0 Å². The summed E-state index contributed by atoms with van der Waals surface area (Å²) in [6.07, 6.45) is 2.95. The minimum Gasteiger partial charge on any atom is -0.394 e. The first-order valence-corrected chi connectivity index (χ1v) is 8.96. The predicted molar refractivity (Wildman–Crippen MR) is 93.0 cm³/mol. The number of fused-ring (bicyclic) bond motifs is 1. The van der Waals surface area contributed by atoms with E-state index in [1.165, 1.54) is 16.7 Å². The van der Waals surface area contributed by atoms with E-state index in [0.29, 0.717) is 19.1 Å². The highest BCUT2D eigenvalue weighted by molar-refractivity contribution is 5.75. The standard InChI is InChI=1S/C19H28N2O3/c1-13-5-6-15-11-14(2)18(17(15)10-13)20-19(23)21-7-3-4-16(12-21)24-9-8-22/h5-6,10,14,16,18,22H,3-4,7-9,11-12H2,1-2H3,(H,20,23). The first-order valence-electron chi connectivity index (χ1n) is 8.96. The molecule has 24 heavy (non-hydrogen) atoms. The van der Waals surface area contributed by atoms with E-state index in [4.69, 9.17) is 9.84 Å². The normalized spacial score (nSPS) is 26.3. The number of hydrogen-bond acceptors (Lipinski definition) is 3. The Bertz CT molecular complexity index is 590. The Morgan fingerprint density at radius 3 is 3.08 bits per heavy atom. The number of hydrogen-bond donors (Lipinski definition) is 2. The van der Waals surface area contributed by atoms with E-state index in [1.54, 1.807) is 0 Å². The fourth-order valence-electron chi connectivity index (χ4n) is 3.88. The monoisotopic (exact) mass is 332 g/mol. The van der Waals surface area contributed by atoms with Crippen molar-refractivity contribution in [3.63, 3.8) is 0 Å². The fourth-order valence-corrected chi connectivity index (χ4v) is 3.88. The maximum Gasteiger partial charge on any atom is 0.317 e. The number of urea groups is 1. The lowest BCUT2D eigenvalue weighted by Gasteiger charge is -2.34. The minimum absolute atomic E-state index is 0.00138. The number of rotatable bonds is 4. The molecular formula is C19H28N2O3. The lowest BCUT2D eigenvalue weighted by Crippen LogP contribution is -2.49. The first kappa shape index (κ1) is 17.2. The van der Waals surface area contributed by atoms with Crippen molar-refractivity contribution in [2.75, 3.05) is 26.3 Å². The number of carbonyl (C=O) groups excluding carboxylic acids is 1. The van der Waals surface area contributed by atoms with Crippen LogP contribution in [0.3, 0.4) is 0 Å². The van der Waals surface area contributed by atoms with E-state index in [1.807, 2.05) is 4.90 Å². The van der Waals surface area contributed by atoms with E-state index >= 15 is 0 Å². The van der Waals surface area contributed by atoms with Crippen LogP contribution in [0.15, 0.2) is 18.2 Å². The predicted octanol–water partition coefficient (Wildman–Crippen LogP) is 2.41. The van der Waals surface area contributed by atoms with Crippen LogP contribution in [0, 0.1) is 12.8 Å². The van der Waals surface area contributed by atoms with E-state index in [2.05, 4.69) is 37.4 Å². The highest BCUT2D eigenvalue weighted by Crippen LogP contribution is 2.36. The van der Waals surface area contributed by atoms with Gasteiger partial charge in [0.25, 0.3) is 0 Å². The molecule has 0 bridgehead atoms. The van der Waals surface area contributed by atoms with Crippen LogP contribution in [-0.4, -0.2) is 48.4 Å². The molecule has 1 heterocycles. The van der Waals surface area contributed by atoms with Gasteiger partial charge in [0.15, 0.2) is 0 Å². The van der Waals surface area contributed by atoms with Gasteiger partial charge in [-0.2, -0.15) is 0 Å². The quantitative estimate of drug-likeness (QED) is 0.890. The number of nitrogens with one attached hydrogen (secondary N) is 1. The van der Waals surface area contributed by atoms with Crippen molar-refractivity contribution in [2.24, 2.45) is 5.92 Å². The molecule has 2 aliphatic rings. The maximum absolute atomic E-state index is 12.7. The highest BCUT2D eigenvalue weighted by atomic mass is 16.5. The van der Waals surface area contributed by atoms with Crippen LogP contribution >= 0.6 is 0 Å². The number of piperidine rings is 1. The third kappa shape index (κ3) is 3.73. The van der Waals surface area contributed by atoms with E-state index in [0.717, 1.165) is 25.8 Å². The smallest absolute Gasteiger partial charge is 0.317 e. The number of amides is 2. The van der Waals surface area contributed by atoms with Gasteiger partial charge in [-0.25, -0.2) is 4.79 Å². The molecule has 5 heteroatoms. The third-order valence-electron chi connectivity index (χ3n) is 5.14. The van der Waals surface area contributed by atoms with Gasteiger partial charge in [0, 0.05) is 13.1 Å². The average Bonchev–Trinajstić information content (AvgIpc) is 2.88. The van der Waals surface area contributed by atoms with Crippen LogP contribution in [-0.2, 0) is 11.2 Å². The van der Waals surface area contributed by atoms with Gasteiger partial charge in [0.2, 0.25) is 0 Å². The van der Waals surface area contributed by atoms with Crippen molar-refractivity contribution in [3.05, 3.63) is 34.9 Å². The first-order chi connectivity index (χ1) is 11.6. The third-order valence-corrected chi connectivity index (χ3v) is 5.14. The van der Waals surface area contributed by atoms with Crippen LogP contribution < -0.4 is 5.32 Å². The van der Waals surface area contributed by atoms with Crippen LogP contribution in [0.2, 0.25) is 0 Å². The summed E-state index contributed by atoms with van der Waals surface area (Å²) in [7, 11) is 0. The summed E-state index contributed by atoms with van der Waals surface area (Å²) in [5.74, 6) is 0.414. The zero-order chi connectivity index (χ0) is 17.1. The number of aliphatic hydroxyl groups is 1. The van der Waals surface area contributed by atoms with Gasteiger partial charge in [0.05, 0.1) is 25.4 Å². The van der Waals surface area contributed by atoms with Gasteiger partial charge >= 0.3 is 6.03 Å². The summed E-state index contributed by atoms with van der Waals surface area (Å²) in [4.78, 5) is 14.6. The zero-order valence-electron chi connectivity index (χ0n) is 14.6. The summed E-state index contributed by atoms with van der Waals surface area (Å²) in [6, 6.07) is 6.62. The van der Waals surface area contributed by atoms with E-state index in [-0.39, 0.29) is 24.8 Å². The Labute approximate surface area is 144 Å². The lowest BCUT2D eigenvalue weighted by atomic mass is 10.0. The number of benzene rings is 1. The molecule has 5 nitrogen and oxygen atoms in total. The molecule has 0 spiro atoms. The summed E-state index contributed by atoms with van der Waals surface area (Å²) in [6.45, 7) is 6.03. The molecule has 2 N–H and O–H groups in total. The largest absolute Gasteiger partial charge is 0.394 e. The number of nitrogens with zero attached hydrogens (tertiary/aromatic N) is 1. The molecule has 3 atom stereocenters. The summed E-state index contributed by atoms with van der Waals surface area (Å²) in [5, 5.41) is 12.1. The molecule has 1 aromatic rings. The molecule has 0 aromatic heterocycles. The minimum atomic E-state index is -0.00138. The summed E-state index contributed by atoms with van der Waals surface area (Å²) in [5.41, 5.74) is 3.85. The van der Waals surface area contributed by atoms with Crippen molar-refractivity contribution < 1.29 is 14.6 Å². The number of ether oxygens (including phenoxy) is 1. The van der Waals surface area contributed by atoms with Crippen LogP contribution in [0.5, 0.6) is 0 Å². The molecule has 1 aromatic carbocycles. The Hall–Kier alpha value is -1.59. The van der Waals surface area contributed by atoms with E-state index < -0.39 is 0 Å². The van der Waals surface area contributed by atoms with Gasteiger partial charge in [-0.15, -0.1) is 0 Å². The Morgan fingerprint density at radius 1 is 1.46 bits per heavy atom. The molecule has 1 aliphatic heterocycles. The van der Waals surface area contributed by atoms with Crippen molar-refractivity contribution in [2.45, 2.75) is 45.3 Å². The average molecular weight is 332 g/mol. The summed E-state index contributed by atoms with van der Waals surface area (Å²) < 4.78 is 5.60. The molecule has 3 rings (SSSR count). The topological polar surface area (TPSA) is 61.8 Å². The van der Waals surface area contributed by atoms with Crippen LogP contribution in [0.4, 0.5) is 4.79 Å². The van der Waals surface area contributed by atoms with Gasteiger partial charge in [-0.1, -0.05) is 30.7 Å². The fraction of sp³-hybridized carbons (Fsp3) is 0.632. The van der Waals surface area contributed by atoms with Gasteiger partial charge in [0.1, 0.15) is 0 Å². The van der Waals surface area contributed by atoms with Crippen molar-refractivity contribution in [1.82, 2.24) is 10.2 Å². The van der Waals surface area contributed by atoms with Crippen molar-refractivity contribution in [3.8, 4) is 0 Å². The SMILES string of the molecule is Cc1ccc2c(c1)C(NC(=O)N1CCCC(OCCO)C1)C(C)C2. The molecule has 132 valence electrons. The molecule has 1 saturated heterocycles. The Morgan fingerprint density at radius 2 is 2.29 bits per heavy atom. The molecule has 3 unspecified atom stereocenters. The second kappa shape index (κ2) is 7.53. The second-order valence-electron chi connectivity index (χ2n) is 7.12. The van der Waals surface area contributed by atoms with Gasteiger partial charge in [-0.05, 0) is 43.2 Å². The van der Waals surface area contributed by atoms with E-state index in [9.17, 15) is 4.79 Å². The molecular weight excluding hydrogens is 304 g/mol. The van der Waals surface area contributed by atoms with Crippen LogP contribution in [0.25, 0.3) is 0 Å². The number of aryl methyl sites for hydroxylation is 1. The zero-order valence-corrected chi connectivity index (χ0v) is 14.6. The van der Waals surface area contributed by atoms with Gasteiger partial charge in [-0.3, -0.25) is 0 Å². The molecule has 0 saturated carbocycles. The maximum atomic E-state index is 12.7. The summed E-state index contributed by atoms with van der Waals surface area (Å²) >= 11 is 0. The lowest BCUT2D eigenvalue weighted by molar-refractivity contribution is -0.00610.